The van der Waals surface area contributed by atoms with Crippen molar-refractivity contribution in [3.63, 3.8) is 0 Å². The number of nitrogens with zero attached hydrogens (tertiary/aromatic N) is 5. The number of rotatable bonds is 6. The van der Waals surface area contributed by atoms with Gasteiger partial charge in [0, 0.05) is 43.7 Å². The molecule has 1 aliphatic carbocycles. The molecule has 1 aromatic carbocycles. The first-order valence-corrected chi connectivity index (χ1v) is 14.2. The molecule has 0 bridgehead atoms. The Bertz CT molecular complexity index is 1270. The van der Waals surface area contributed by atoms with Crippen LogP contribution >= 0.6 is 0 Å². The van der Waals surface area contributed by atoms with Crippen molar-refractivity contribution in [1.29, 1.82) is 0 Å². The average molecular weight is 521 g/mol. The molecule has 8 nitrogen and oxygen atoms in total. The molecule has 2 aromatic heterocycles. The molecule has 0 spiro atoms. The molecule has 0 radical (unpaired) electrons. The number of piperidine rings is 1. The normalized spacial score (nSPS) is 23.4. The van der Waals surface area contributed by atoms with Crippen LogP contribution < -0.4 is 11.0 Å². The lowest BCUT2D eigenvalue weighted by Gasteiger charge is -2.39. The molecule has 2 aliphatic heterocycles. The first kappa shape index (κ1) is 25.2. The molecule has 0 atom stereocenters. The number of halogens is 1. The molecule has 2 saturated heterocycles. The van der Waals surface area contributed by atoms with Crippen LogP contribution in [0.15, 0.2) is 47.5 Å². The quantitative estimate of drug-likeness (QED) is 0.503. The number of anilines is 1. The second-order valence-corrected chi connectivity index (χ2v) is 10.9. The number of nitrogens with one attached hydrogen (secondary N) is 1. The molecule has 202 valence electrons. The summed E-state index contributed by atoms with van der Waals surface area (Å²) in [5, 5.41) is 3.56. The topological polar surface area (TPSA) is 77.2 Å². The van der Waals surface area contributed by atoms with Crippen molar-refractivity contribution in [3.8, 4) is 17.1 Å². The summed E-state index contributed by atoms with van der Waals surface area (Å²) >= 11 is 0. The second-order valence-electron chi connectivity index (χ2n) is 10.9. The van der Waals surface area contributed by atoms with Crippen LogP contribution in [0, 0.1) is 5.82 Å². The molecule has 1 saturated carbocycles. The highest BCUT2D eigenvalue weighted by atomic mass is 19.1. The summed E-state index contributed by atoms with van der Waals surface area (Å²) in [4.78, 5) is 25.7. The van der Waals surface area contributed by atoms with E-state index in [1.54, 1.807) is 27.5 Å². The van der Waals surface area contributed by atoms with E-state index in [9.17, 15) is 9.18 Å². The Morgan fingerprint density at radius 2 is 1.63 bits per heavy atom. The molecule has 0 unspecified atom stereocenters. The van der Waals surface area contributed by atoms with Crippen molar-refractivity contribution in [2.45, 2.75) is 75.9 Å². The van der Waals surface area contributed by atoms with Gasteiger partial charge in [-0.1, -0.05) is 6.42 Å². The van der Waals surface area contributed by atoms with Crippen molar-refractivity contribution in [2.24, 2.45) is 0 Å². The van der Waals surface area contributed by atoms with E-state index in [1.807, 2.05) is 12.3 Å². The number of hydrogen-bond donors (Lipinski definition) is 1. The Kier molecular flexibility index (Phi) is 7.56. The van der Waals surface area contributed by atoms with Gasteiger partial charge in [-0.25, -0.2) is 19.2 Å². The molecule has 3 fully saturated rings. The molecule has 1 N–H and O–H groups in total. The third-order valence-corrected chi connectivity index (χ3v) is 8.44. The Balaban J connectivity index is 1.24. The van der Waals surface area contributed by atoms with Crippen molar-refractivity contribution in [3.05, 3.63) is 59.0 Å². The minimum atomic E-state index is -0.337. The highest BCUT2D eigenvalue weighted by molar-refractivity contribution is 5.59. The van der Waals surface area contributed by atoms with Gasteiger partial charge < -0.3 is 15.0 Å². The first-order chi connectivity index (χ1) is 18.7. The molecule has 9 heteroatoms. The molecule has 0 amide bonds. The number of benzene rings is 1. The van der Waals surface area contributed by atoms with Gasteiger partial charge >= 0.3 is 5.69 Å². The van der Waals surface area contributed by atoms with Gasteiger partial charge in [0.05, 0.1) is 17.1 Å². The van der Waals surface area contributed by atoms with Crippen molar-refractivity contribution >= 4 is 5.95 Å². The fraction of sp³-hybridized carbons (Fsp3) is 0.552. The Morgan fingerprint density at radius 3 is 2.37 bits per heavy atom. The van der Waals surface area contributed by atoms with Crippen LogP contribution in [-0.4, -0.2) is 62.4 Å². The Labute approximate surface area is 222 Å². The molecule has 4 heterocycles. The molecule has 3 aliphatic rings. The maximum absolute atomic E-state index is 13.7. The maximum atomic E-state index is 13.7. The standard InChI is InChI=1S/C29H37FN6O2/c30-21-4-8-25(9-5-21)36-27(20-35(29(36)37)24-13-18-38-19-14-24)26-12-15-31-28(33-26)32-22-6-10-23(11-7-22)34-16-2-1-3-17-34/h4-5,8-9,12,15,20,22-24H,1-3,6-7,10-11,13-14,16-19H2,(H,31,32,33)/t22-,23+. The SMILES string of the molecule is O=c1n(C2CCOCC2)cc(-c2ccnc(N[C@H]3CC[C@@H](N4CCCCC4)CC3)n2)n1-c1ccc(F)cc1. The fourth-order valence-corrected chi connectivity index (χ4v) is 6.33. The summed E-state index contributed by atoms with van der Waals surface area (Å²) in [6.07, 6.45) is 13.8. The smallest absolute Gasteiger partial charge is 0.333 e. The number of ether oxygens (including phenoxy) is 1. The average Bonchev–Trinajstić information content (AvgIpc) is 3.32. The second kappa shape index (κ2) is 11.4. The van der Waals surface area contributed by atoms with Crippen LogP contribution in [0.3, 0.4) is 0 Å². The molecular weight excluding hydrogens is 483 g/mol. The van der Waals surface area contributed by atoms with E-state index in [2.05, 4.69) is 15.2 Å². The summed E-state index contributed by atoms with van der Waals surface area (Å²) in [5.74, 6) is 0.247. The van der Waals surface area contributed by atoms with Crippen molar-refractivity contribution in [1.82, 2.24) is 24.0 Å². The van der Waals surface area contributed by atoms with E-state index in [1.165, 1.54) is 57.3 Å². The Hall–Kier alpha value is -3.04. The van der Waals surface area contributed by atoms with Gasteiger partial charge in [-0.05, 0) is 94.8 Å². The minimum absolute atomic E-state index is 0.0613. The van der Waals surface area contributed by atoms with E-state index in [4.69, 9.17) is 9.72 Å². The highest BCUT2D eigenvalue weighted by Gasteiger charge is 2.27. The largest absolute Gasteiger partial charge is 0.381 e. The van der Waals surface area contributed by atoms with Gasteiger partial charge in [0.2, 0.25) is 5.95 Å². The predicted molar refractivity (Wildman–Crippen MR) is 145 cm³/mol. The van der Waals surface area contributed by atoms with Gasteiger partial charge in [-0.2, -0.15) is 0 Å². The van der Waals surface area contributed by atoms with E-state index < -0.39 is 0 Å². The third-order valence-electron chi connectivity index (χ3n) is 8.44. The van der Waals surface area contributed by atoms with E-state index in [0.717, 1.165) is 25.7 Å². The zero-order valence-electron chi connectivity index (χ0n) is 21.9. The molecule has 3 aromatic rings. The van der Waals surface area contributed by atoms with Gasteiger partial charge in [-0.15, -0.1) is 0 Å². The first-order valence-electron chi connectivity index (χ1n) is 14.2. The summed E-state index contributed by atoms with van der Waals surface area (Å²) in [6.45, 7) is 3.76. The third kappa shape index (κ3) is 5.40. The predicted octanol–water partition coefficient (Wildman–Crippen LogP) is 4.80. The van der Waals surface area contributed by atoms with Crippen LogP contribution in [0.25, 0.3) is 17.1 Å². The number of imidazole rings is 1. The number of hydrogen-bond acceptors (Lipinski definition) is 6. The summed E-state index contributed by atoms with van der Waals surface area (Å²) in [6, 6.07) is 8.97. The zero-order valence-corrected chi connectivity index (χ0v) is 21.9. The van der Waals surface area contributed by atoms with Gasteiger partial charge in [0.25, 0.3) is 0 Å². The van der Waals surface area contributed by atoms with Gasteiger partial charge in [-0.3, -0.25) is 9.13 Å². The molecular formula is C29H37FN6O2. The minimum Gasteiger partial charge on any atom is -0.381 e. The summed E-state index contributed by atoms with van der Waals surface area (Å²) in [5.41, 5.74) is 1.80. The lowest BCUT2D eigenvalue weighted by Crippen LogP contribution is -2.43. The van der Waals surface area contributed by atoms with Crippen LogP contribution in [0.5, 0.6) is 0 Å². The monoisotopic (exact) mass is 520 g/mol. The summed E-state index contributed by atoms with van der Waals surface area (Å²) < 4.78 is 22.6. The lowest BCUT2D eigenvalue weighted by molar-refractivity contribution is 0.0686. The lowest BCUT2D eigenvalue weighted by atomic mass is 9.89. The van der Waals surface area contributed by atoms with Crippen LogP contribution in [0.4, 0.5) is 10.3 Å². The highest BCUT2D eigenvalue weighted by Crippen LogP contribution is 2.29. The van der Waals surface area contributed by atoms with E-state index in [0.29, 0.717) is 48.3 Å². The van der Waals surface area contributed by atoms with E-state index in [-0.39, 0.29) is 17.5 Å². The number of likely N-dealkylation sites (tertiary alicyclic amines) is 1. The van der Waals surface area contributed by atoms with Gasteiger partial charge in [0.15, 0.2) is 0 Å². The van der Waals surface area contributed by atoms with Crippen LogP contribution in [0.1, 0.15) is 63.8 Å². The fourth-order valence-electron chi connectivity index (χ4n) is 6.33. The van der Waals surface area contributed by atoms with Crippen molar-refractivity contribution in [2.75, 3.05) is 31.6 Å². The van der Waals surface area contributed by atoms with Crippen molar-refractivity contribution < 1.29 is 9.13 Å². The van der Waals surface area contributed by atoms with Gasteiger partial charge in [0.1, 0.15) is 5.82 Å². The van der Waals surface area contributed by atoms with E-state index >= 15 is 0 Å². The molecule has 6 rings (SSSR count). The van der Waals surface area contributed by atoms with Crippen LogP contribution in [0.2, 0.25) is 0 Å². The van der Waals surface area contributed by atoms with Crippen LogP contribution in [-0.2, 0) is 4.74 Å². The molecule has 38 heavy (non-hydrogen) atoms. The summed E-state index contributed by atoms with van der Waals surface area (Å²) in [7, 11) is 0. The zero-order chi connectivity index (χ0) is 25.9. The number of aromatic nitrogens is 4. The maximum Gasteiger partial charge on any atom is 0.333 e. The Morgan fingerprint density at radius 1 is 0.895 bits per heavy atom.